The molecular formula is C16H21N3O2. The Balaban J connectivity index is 2.35. The van der Waals surface area contributed by atoms with Crippen molar-refractivity contribution in [3.63, 3.8) is 0 Å². The molecule has 0 bridgehead atoms. The zero-order valence-electron chi connectivity index (χ0n) is 12.7. The fraction of sp³-hybridized carbons (Fsp3) is 0.375. The molecule has 1 aromatic carbocycles. The Kier molecular flexibility index (Phi) is 5.37. The first kappa shape index (κ1) is 15.1. The molecule has 5 nitrogen and oxygen atoms in total. The third-order valence-corrected chi connectivity index (χ3v) is 3.00. The van der Waals surface area contributed by atoms with E-state index < -0.39 is 0 Å². The number of hydrogen-bond acceptors (Lipinski definition) is 5. The third kappa shape index (κ3) is 3.62. The monoisotopic (exact) mass is 287 g/mol. The van der Waals surface area contributed by atoms with Gasteiger partial charge in [0.1, 0.15) is 12.1 Å². The molecule has 0 aliphatic heterocycles. The molecule has 0 unspecified atom stereocenters. The van der Waals surface area contributed by atoms with E-state index in [0.717, 1.165) is 24.2 Å². The molecule has 1 N–H and O–H groups in total. The Hall–Kier alpha value is -2.30. The van der Waals surface area contributed by atoms with Crippen LogP contribution in [-0.2, 0) is 6.42 Å². The molecule has 5 heteroatoms. The minimum absolute atomic E-state index is 0.573. The molecule has 0 aliphatic rings. The van der Waals surface area contributed by atoms with Gasteiger partial charge in [-0.3, -0.25) is 0 Å². The van der Waals surface area contributed by atoms with Crippen molar-refractivity contribution in [2.45, 2.75) is 26.7 Å². The average Bonchev–Trinajstić information content (AvgIpc) is 2.51. The molecule has 0 saturated carbocycles. The first-order chi connectivity index (χ1) is 10.3. The minimum atomic E-state index is 0.573. The van der Waals surface area contributed by atoms with Crippen LogP contribution in [0.25, 0.3) is 0 Å². The maximum Gasteiger partial charge on any atom is 0.227 e. The zero-order valence-corrected chi connectivity index (χ0v) is 12.7. The second-order valence-corrected chi connectivity index (χ2v) is 4.49. The molecule has 1 aromatic heterocycles. The minimum Gasteiger partial charge on any atom is -0.490 e. The van der Waals surface area contributed by atoms with Gasteiger partial charge in [0, 0.05) is 7.05 Å². The van der Waals surface area contributed by atoms with Crippen LogP contribution in [0.2, 0.25) is 0 Å². The highest BCUT2D eigenvalue weighted by atomic mass is 16.5. The van der Waals surface area contributed by atoms with Gasteiger partial charge in [0.15, 0.2) is 11.5 Å². The highest BCUT2D eigenvalue weighted by Gasteiger charge is 2.14. The summed E-state index contributed by atoms with van der Waals surface area (Å²) in [5.41, 5.74) is 0.980. The molecule has 0 aliphatic carbocycles. The second kappa shape index (κ2) is 7.47. The van der Waals surface area contributed by atoms with Crippen LogP contribution in [0.1, 0.15) is 25.8 Å². The number of benzene rings is 1. The Morgan fingerprint density at radius 3 is 2.52 bits per heavy atom. The standard InChI is InChI=1S/C16H21N3O2/c1-4-8-12-15(17-3)18-11-19-16(12)21-14-10-7-6-9-13(14)20-5-2/h6-7,9-11H,4-5,8H2,1-3H3,(H,17,18,19). The first-order valence-corrected chi connectivity index (χ1v) is 7.21. The molecule has 0 amide bonds. The Labute approximate surface area is 125 Å². The van der Waals surface area contributed by atoms with Crippen LogP contribution < -0.4 is 14.8 Å². The fourth-order valence-electron chi connectivity index (χ4n) is 2.09. The number of rotatable bonds is 7. The summed E-state index contributed by atoms with van der Waals surface area (Å²) in [7, 11) is 1.85. The second-order valence-electron chi connectivity index (χ2n) is 4.49. The van der Waals surface area contributed by atoms with Gasteiger partial charge in [-0.25, -0.2) is 9.97 Å². The molecule has 2 aromatic rings. The maximum atomic E-state index is 5.97. The number of nitrogens with zero attached hydrogens (tertiary/aromatic N) is 2. The van der Waals surface area contributed by atoms with Gasteiger partial charge in [-0.15, -0.1) is 0 Å². The lowest BCUT2D eigenvalue weighted by Crippen LogP contribution is -2.04. The summed E-state index contributed by atoms with van der Waals surface area (Å²) in [6.45, 7) is 4.65. The van der Waals surface area contributed by atoms with Crippen molar-refractivity contribution in [3.05, 3.63) is 36.2 Å². The summed E-state index contributed by atoms with van der Waals surface area (Å²) in [5.74, 6) is 2.75. The van der Waals surface area contributed by atoms with E-state index in [0.29, 0.717) is 24.0 Å². The van der Waals surface area contributed by atoms with E-state index in [4.69, 9.17) is 9.47 Å². The quantitative estimate of drug-likeness (QED) is 0.842. The third-order valence-electron chi connectivity index (χ3n) is 3.00. The molecule has 0 spiro atoms. The molecule has 21 heavy (non-hydrogen) atoms. The molecule has 0 saturated heterocycles. The summed E-state index contributed by atoms with van der Waals surface area (Å²) in [5, 5.41) is 3.08. The van der Waals surface area contributed by atoms with Gasteiger partial charge >= 0.3 is 0 Å². The van der Waals surface area contributed by atoms with Crippen molar-refractivity contribution in [1.82, 2.24) is 9.97 Å². The first-order valence-electron chi connectivity index (χ1n) is 7.21. The van der Waals surface area contributed by atoms with Gasteiger partial charge in [0.2, 0.25) is 5.88 Å². The molecule has 0 atom stereocenters. The summed E-state index contributed by atoms with van der Waals surface area (Å²) in [6.07, 6.45) is 3.35. The van der Waals surface area contributed by atoms with E-state index in [1.165, 1.54) is 6.33 Å². The summed E-state index contributed by atoms with van der Waals surface area (Å²) < 4.78 is 11.6. The number of para-hydroxylation sites is 2. The molecule has 0 fully saturated rings. The van der Waals surface area contributed by atoms with E-state index >= 15 is 0 Å². The number of ether oxygens (including phenoxy) is 2. The SMILES string of the molecule is CCCc1c(NC)ncnc1Oc1ccccc1OCC. The van der Waals surface area contributed by atoms with Crippen molar-refractivity contribution < 1.29 is 9.47 Å². The Morgan fingerprint density at radius 2 is 1.86 bits per heavy atom. The summed E-state index contributed by atoms with van der Waals surface area (Å²) >= 11 is 0. The lowest BCUT2D eigenvalue weighted by atomic mass is 10.1. The van der Waals surface area contributed by atoms with Crippen molar-refractivity contribution in [1.29, 1.82) is 0 Å². The van der Waals surface area contributed by atoms with Crippen LogP contribution in [0.15, 0.2) is 30.6 Å². The van der Waals surface area contributed by atoms with Crippen molar-refractivity contribution >= 4 is 5.82 Å². The van der Waals surface area contributed by atoms with Crippen LogP contribution in [0.5, 0.6) is 17.4 Å². The number of anilines is 1. The number of aromatic nitrogens is 2. The lowest BCUT2D eigenvalue weighted by molar-refractivity contribution is 0.319. The lowest BCUT2D eigenvalue weighted by Gasteiger charge is -2.14. The molecule has 1 heterocycles. The van der Waals surface area contributed by atoms with Gasteiger partial charge in [-0.2, -0.15) is 0 Å². The van der Waals surface area contributed by atoms with Crippen molar-refractivity contribution in [2.75, 3.05) is 19.0 Å². The number of nitrogens with one attached hydrogen (secondary N) is 1. The predicted octanol–water partition coefficient (Wildman–Crippen LogP) is 3.66. The predicted molar refractivity (Wildman–Crippen MR) is 83.3 cm³/mol. The van der Waals surface area contributed by atoms with Crippen LogP contribution in [-0.4, -0.2) is 23.6 Å². The van der Waals surface area contributed by atoms with E-state index in [1.54, 1.807) is 0 Å². The van der Waals surface area contributed by atoms with Gasteiger partial charge in [0.25, 0.3) is 0 Å². The highest BCUT2D eigenvalue weighted by Crippen LogP contribution is 2.33. The fourth-order valence-corrected chi connectivity index (χ4v) is 2.09. The van der Waals surface area contributed by atoms with Crippen molar-refractivity contribution in [3.8, 4) is 17.4 Å². The van der Waals surface area contributed by atoms with Crippen LogP contribution in [0.4, 0.5) is 5.82 Å². The molecule has 2 rings (SSSR count). The summed E-state index contributed by atoms with van der Waals surface area (Å²) in [4.78, 5) is 8.52. The number of hydrogen-bond donors (Lipinski definition) is 1. The normalized spacial score (nSPS) is 10.2. The van der Waals surface area contributed by atoms with Crippen LogP contribution in [0.3, 0.4) is 0 Å². The van der Waals surface area contributed by atoms with E-state index in [2.05, 4.69) is 22.2 Å². The van der Waals surface area contributed by atoms with E-state index in [9.17, 15) is 0 Å². The maximum absolute atomic E-state index is 5.97. The van der Waals surface area contributed by atoms with Gasteiger partial charge in [-0.05, 0) is 25.5 Å². The van der Waals surface area contributed by atoms with E-state index in [-0.39, 0.29) is 0 Å². The summed E-state index contributed by atoms with van der Waals surface area (Å²) in [6, 6.07) is 7.60. The smallest absolute Gasteiger partial charge is 0.227 e. The van der Waals surface area contributed by atoms with Crippen LogP contribution in [0, 0.1) is 0 Å². The van der Waals surface area contributed by atoms with Gasteiger partial charge < -0.3 is 14.8 Å². The topological polar surface area (TPSA) is 56.3 Å². The Morgan fingerprint density at radius 1 is 1.10 bits per heavy atom. The average molecular weight is 287 g/mol. The molecule has 112 valence electrons. The zero-order chi connectivity index (χ0) is 15.1. The highest BCUT2D eigenvalue weighted by molar-refractivity contribution is 5.50. The molecular weight excluding hydrogens is 266 g/mol. The van der Waals surface area contributed by atoms with Crippen molar-refractivity contribution in [2.24, 2.45) is 0 Å². The van der Waals surface area contributed by atoms with Gasteiger partial charge in [0.05, 0.1) is 12.2 Å². The van der Waals surface area contributed by atoms with E-state index in [1.807, 2.05) is 38.2 Å². The molecule has 0 radical (unpaired) electrons. The van der Waals surface area contributed by atoms with Crippen LogP contribution >= 0.6 is 0 Å². The van der Waals surface area contributed by atoms with Gasteiger partial charge in [-0.1, -0.05) is 25.5 Å². The Bertz CT molecular complexity index is 587. The largest absolute Gasteiger partial charge is 0.490 e.